The first kappa shape index (κ1) is 12.2. The third-order valence-corrected chi connectivity index (χ3v) is 2.75. The molecule has 0 saturated heterocycles. The lowest BCUT2D eigenvalue weighted by molar-refractivity contribution is 0.819. The van der Waals surface area contributed by atoms with E-state index in [1.165, 1.54) is 4.57 Å². The molecule has 18 heavy (non-hydrogen) atoms. The van der Waals surface area contributed by atoms with Gasteiger partial charge in [0.15, 0.2) is 11.2 Å². The summed E-state index contributed by atoms with van der Waals surface area (Å²) < 4.78 is 3.05. The number of nitrogens with one attached hydrogen (secondary N) is 2. The van der Waals surface area contributed by atoms with Gasteiger partial charge in [-0.3, -0.25) is 14.3 Å². The topological polar surface area (TPSA) is 84.7 Å². The summed E-state index contributed by atoms with van der Waals surface area (Å²) in [6.07, 6.45) is 3.80. The van der Waals surface area contributed by atoms with Crippen molar-refractivity contribution in [1.29, 1.82) is 0 Å². The number of aromatic nitrogens is 4. The van der Waals surface area contributed by atoms with Crippen molar-refractivity contribution in [2.45, 2.75) is 13.5 Å². The molecule has 0 aliphatic carbocycles. The summed E-state index contributed by atoms with van der Waals surface area (Å²) in [5.74, 6) is 0.551. The van der Waals surface area contributed by atoms with Crippen LogP contribution in [0.1, 0.15) is 6.92 Å². The zero-order valence-electron chi connectivity index (χ0n) is 10.5. The van der Waals surface area contributed by atoms with E-state index < -0.39 is 11.2 Å². The summed E-state index contributed by atoms with van der Waals surface area (Å²) in [5, 5.41) is 2.92. The number of anilines is 1. The molecule has 0 aromatic carbocycles. The molecule has 2 heterocycles. The van der Waals surface area contributed by atoms with Crippen molar-refractivity contribution in [3.05, 3.63) is 33.0 Å². The summed E-state index contributed by atoms with van der Waals surface area (Å²) >= 11 is 0. The fourth-order valence-electron chi connectivity index (χ4n) is 1.81. The zero-order chi connectivity index (χ0) is 13.3. The number of fused-ring (bicyclic) bond motifs is 1. The number of rotatable bonds is 3. The van der Waals surface area contributed by atoms with Crippen molar-refractivity contribution in [1.82, 2.24) is 19.1 Å². The third-order valence-electron chi connectivity index (χ3n) is 2.75. The second-order valence-corrected chi connectivity index (χ2v) is 3.86. The third kappa shape index (κ3) is 1.73. The van der Waals surface area contributed by atoms with Gasteiger partial charge >= 0.3 is 5.69 Å². The standard InChI is InChI=1S/C11H15N5O2/c1-4-5-6-16-7-8(13-10(16)12-2)15(3)11(18)14-9(7)17/h4-5H,6H2,1-3H3,(H,12,13)(H,14,17,18). The summed E-state index contributed by atoms with van der Waals surface area (Å²) in [6.45, 7) is 2.42. The van der Waals surface area contributed by atoms with E-state index in [0.29, 0.717) is 23.7 Å². The normalized spacial score (nSPS) is 11.5. The molecule has 0 aliphatic rings. The van der Waals surface area contributed by atoms with E-state index >= 15 is 0 Å². The monoisotopic (exact) mass is 249 g/mol. The van der Waals surface area contributed by atoms with E-state index in [1.54, 1.807) is 18.7 Å². The first-order valence-electron chi connectivity index (χ1n) is 5.58. The summed E-state index contributed by atoms with van der Waals surface area (Å²) in [7, 11) is 3.30. The van der Waals surface area contributed by atoms with Crippen molar-refractivity contribution in [2.24, 2.45) is 7.05 Å². The number of hydrogen-bond donors (Lipinski definition) is 2. The van der Waals surface area contributed by atoms with Gasteiger partial charge in [-0.05, 0) is 6.92 Å². The molecule has 2 aromatic heterocycles. The molecule has 7 nitrogen and oxygen atoms in total. The van der Waals surface area contributed by atoms with Crippen LogP contribution in [0, 0.1) is 0 Å². The highest BCUT2D eigenvalue weighted by molar-refractivity contribution is 5.74. The quantitative estimate of drug-likeness (QED) is 0.752. The molecule has 2 aromatic rings. The van der Waals surface area contributed by atoms with Gasteiger partial charge in [-0.25, -0.2) is 4.79 Å². The second kappa shape index (κ2) is 4.52. The summed E-state index contributed by atoms with van der Waals surface area (Å²) in [6, 6.07) is 0. The zero-order valence-corrected chi connectivity index (χ0v) is 10.5. The molecule has 0 unspecified atom stereocenters. The molecule has 2 N–H and O–H groups in total. The number of allylic oxidation sites excluding steroid dienone is 2. The predicted molar refractivity (Wildman–Crippen MR) is 70.0 cm³/mol. The van der Waals surface area contributed by atoms with E-state index in [0.717, 1.165) is 0 Å². The Labute approximate surface area is 103 Å². The highest BCUT2D eigenvalue weighted by atomic mass is 16.2. The van der Waals surface area contributed by atoms with E-state index in [-0.39, 0.29) is 0 Å². The molecule has 0 saturated carbocycles. The number of nitrogens with zero attached hydrogens (tertiary/aromatic N) is 3. The highest BCUT2D eigenvalue weighted by Crippen LogP contribution is 2.14. The molecule has 0 atom stereocenters. The van der Waals surface area contributed by atoms with Crippen molar-refractivity contribution in [3.8, 4) is 0 Å². The van der Waals surface area contributed by atoms with Gasteiger partial charge in [-0.1, -0.05) is 12.2 Å². The van der Waals surface area contributed by atoms with E-state index in [9.17, 15) is 9.59 Å². The minimum atomic E-state index is -0.467. The number of hydrogen-bond acceptors (Lipinski definition) is 4. The molecule has 0 amide bonds. The summed E-state index contributed by atoms with van der Waals surface area (Å²) in [4.78, 5) is 29.9. The SMILES string of the molecule is CC=CCn1c(NC)nc2c1c(=O)[nH]c(=O)n2C. The highest BCUT2D eigenvalue weighted by Gasteiger charge is 2.15. The Balaban J connectivity index is 2.87. The van der Waals surface area contributed by atoms with Crippen LogP contribution >= 0.6 is 0 Å². The molecule has 0 spiro atoms. The van der Waals surface area contributed by atoms with Crippen LogP contribution in [0.4, 0.5) is 5.95 Å². The minimum Gasteiger partial charge on any atom is -0.359 e. The van der Waals surface area contributed by atoms with Crippen molar-refractivity contribution in [2.75, 3.05) is 12.4 Å². The maximum Gasteiger partial charge on any atom is 0.329 e. The number of aromatic amines is 1. The average Bonchev–Trinajstić information content (AvgIpc) is 2.72. The lowest BCUT2D eigenvalue weighted by Crippen LogP contribution is -2.29. The molecule has 7 heteroatoms. The van der Waals surface area contributed by atoms with Crippen LogP contribution in [0.5, 0.6) is 0 Å². The van der Waals surface area contributed by atoms with Crippen molar-refractivity contribution in [3.63, 3.8) is 0 Å². The Kier molecular flexibility index (Phi) is 3.05. The fourth-order valence-corrected chi connectivity index (χ4v) is 1.81. The smallest absolute Gasteiger partial charge is 0.329 e. The van der Waals surface area contributed by atoms with Crippen molar-refractivity contribution < 1.29 is 0 Å². The number of imidazole rings is 1. The van der Waals surface area contributed by atoms with Crippen LogP contribution in [0.25, 0.3) is 11.2 Å². The first-order chi connectivity index (χ1) is 8.60. The minimum absolute atomic E-state index is 0.373. The maximum absolute atomic E-state index is 11.9. The largest absolute Gasteiger partial charge is 0.359 e. The molecule has 2 rings (SSSR count). The van der Waals surface area contributed by atoms with Crippen molar-refractivity contribution >= 4 is 17.1 Å². The first-order valence-corrected chi connectivity index (χ1v) is 5.58. The van der Waals surface area contributed by atoms with Crippen LogP contribution in [0.3, 0.4) is 0 Å². The Morgan fingerprint density at radius 2 is 2.17 bits per heavy atom. The van der Waals surface area contributed by atoms with Gasteiger partial charge in [0.1, 0.15) is 0 Å². The second-order valence-electron chi connectivity index (χ2n) is 3.86. The van der Waals surface area contributed by atoms with Gasteiger partial charge in [-0.2, -0.15) is 4.98 Å². The van der Waals surface area contributed by atoms with Gasteiger partial charge < -0.3 is 9.88 Å². The molecule has 96 valence electrons. The summed E-state index contributed by atoms with van der Waals surface area (Å²) in [5.41, 5.74) is -0.130. The van der Waals surface area contributed by atoms with E-state index in [4.69, 9.17) is 0 Å². The van der Waals surface area contributed by atoms with Crippen LogP contribution in [-0.2, 0) is 13.6 Å². The molecule has 0 fully saturated rings. The van der Waals surface area contributed by atoms with Crippen LogP contribution in [0.15, 0.2) is 21.7 Å². The molecular weight excluding hydrogens is 234 g/mol. The van der Waals surface area contributed by atoms with Crippen LogP contribution in [0.2, 0.25) is 0 Å². The van der Waals surface area contributed by atoms with Gasteiger partial charge in [0.2, 0.25) is 5.95 Å². The Bertz CT molecular complexity index is 719. The molecule has 0 bridgehead atoms. The van der Waals surface area contributed by atoms with Crippen LogP contribution < -0.4 is 16.6 Å². The predicted octanol–water partition coefficient (Wildman–Crippen LogP) is 0.0411. The van der Waals surface area contributed by atoms with E-state index in [2.05, 4.69) is 15.3 Å². The maximum atomic E-state index is 11.9. The fraction of sp³-hybridized carbons (Fsp3) is 0.364. The van der Waals surface area contributed by atoms with Gasteiger partial charge in [0.25, 0.3) is 5.56 Å². The number of H-pyrrole nitrogens is 1. The lowest BCUT2D eigenvalue weighted by Gasteiger charge is -2.04. The number of aryl methyl sites for hydroxylation is 1. The Morgan fingerprint density at radius 1 is 1.44 bits per heavy atom. The Hall–Kier alpha value is -2.31. The van der Waals surface area contributed by atoms with E-state index in [1.807, 2.05) is 19.1 Å². The molecule has 0 radical (unpaired) electrons. The Morgan fingerprint density at radius 3 is 2.78 bits per heavy atom. The lowest BCUT2D eigenvalue weighted by atomic mass is 10.4. The average molecular weight is 249 g/mol. The molecule has 0 aliphatic heterocycles. The van der Waals surface area contributed by atoms with Gasteiger partial charge in [0, 0.05) is 20.6 Å². The van der Waals surface area contributed by atoms with Gasteiger partial charge in [0.05, 0.1) is 0 Å². The van der Waals surface area contributed by atoms with Crippen LogP contribution in [-0.4, -0.2) is 26.1 Å². The molecular formula is C11H15N5O2. The van der Waals surface area contributed by atoms with Gasteiger partial charge in [-0.15, -0.1) is 0 Å².